The van der Waals surface area contributed by atoms with Gasteiger partial charge in [0.2, 0.25) is 0 Å². The van der Waals surface area contributed by atoms with Crippen molar-refractivity contribution in [1.82, 2.24) is 20.4 Å². The van der Waals surface area contributed by atoms with E-state index in [9.17, 15) is 0 Å². The Kier molecular flexibility index (Phi) is 7.27. The van der Waals surface area contributed by atoms with Crippen molar-refractivity contribution >= 4 is 5.96 Å². The number of nitrogens with one attached hydrogen (secondary N) is 2. The second-order valence-electron chi connectivity index (χ2n) is 8.20. The van der Waals surface area contributed by atoms with Crippen molar-refractivity contribution < 1.29 is 9.47 Å². The van der Waals surface area contributed by atoms with Gasteiger partial charge in [-0.3, -0.25) is 9.89 Å². The van der Waals surface area contributed by atoms with Crippen LogP contribution in [-0.2, 0) is 13.1 Å². The Morgan fingerprint density at radius 3 is 2.42 bits per heavy atom. The average molecular weight is 424 g/mol. The fourth-order valence-electron chi connectivity index (χ4n) is 3.81. The lowest BCUT2D eigenvalue weighted by atomic mass is 10.1. The summed E-state index contributed by atoms with van der Waals surface area (Å²) in [7, 11) is 3.97. The van der Waals surface area contributed by atoms with E-state index >= 15 is 0 Å². The molecule has 2 aromatic carbocycles. The fourth-order valence-corrected chi connectivity index (χ4v) is 3.81. The van der Waals surface area contributed by atoms with E-state index in [4.69, 9.17) is 9.47 Å². The van der Waals surface area contributed by atoms with Crippen LogP contribution in [0.3, 0.4) is 0 Å². The predicted octanol–water partition coefficient (Wildman–Crippen LogP) is 1.94. The number of aliphatic imine (C=N–C) groups is 1. The minimum absolute atomic E-state index is 0.0534. The number of guanidine groups is 1. The summed E-state index contributed by atoms with van der Waals surface area (Å²) < 4.78 is 11.8. The van der Waals surface area contributed by atoms with Crippen LogP contribution in [0.5, 0.6) is 11.5 Å². The number of piperazine rings is 1. The minimum Gasteiger partial charge on any atom is -0.486 e. The topological polar surface area (TPSA) is 61.4 Å². The summed E-state index contributed by atoms with van der Waals surface area (Å²) in [4.78, 5) is 9.23. The lowest BCUT2D eigenvalue weighted by molar-refractivity contribution is 0.0936. The third-order valence-corrected chi connectivity index (χ3v) is 5.77. The number of nitrogens with zero attached hydrogens (tertiary/aromatic N) is 3. The van der Waals surface area contributed by atoms with Gasteiger partial charge in [-0.15, -0.1) is 0 Å². The number of ether oxygens (including phenoxy) is 2. The first-order valence-corrected chi connectivity index (χ1v) is 11.0. The monoisotopic (exact) mass is 423 g/mol. The van der Waals surface area contributed by atoms with E-state index in [2.05, 4.69) is 56.7 Å². The number of benzene rings is 2. The Morgan fingerprint density at radius 1 is 0.968 bits per heavy atom. The largest absolute Gasteiger partial charge is 0.486 e. The van der Waals surface area contributed by atoms with E-state index < -0.39 is 0 Å². The highest BCUT2D eigenvalue weighted by Gasteiger charge is 2.20. The van der Waals surface area contributed by atoms with Gasteiger partial charge in [0.25, 0.3) is 0 Å². The number of rotatable bonds is 6. The zero-order valence-electron chi connectivity index (χ0n) is 18.5. The first-order valence-electron chi connectivity index (χ1n) is 11.0. The number of para-hydroxylation sites is 2. The van der Waals surface area contributed by atoms with Crippen LogP contribution in [0.15, 0.2) is 53.5 Å². The molecule has 2 aliphatic rings. The van der Waals surface area contributed by atoms with Crippen molar-refractivity contribution in [2.45, 2.75) is 19.2 Å². The first-order chi connectivity index (χ1) is 15.2. The normalized spacial score (nSPS) is 19.8. The smallest absolute Gasteiger partial charge is 0.191 e. The highest BCUT2D eigenvalue weighted by Crippen LogP contribution is 2.30. The molecule has 1 saturated heterocycles. The van der Waals surface area contributed by atoms with Gasteiger partial charge in [0.15, 0.2) is 17.5 Å². The van der Waals surface area contributed by atoms with E-state index in [1.165, 1.54) is 11.1 Å². The maximum Gasteiger partial charge on any atom is 0.191 e. The van der Waals surface area contributed by atoms with Gasteiger partial charge in [-0.1, -0.05) is 36.4 Å². The molecule has 0 amide bonds. The van der Waals surface area contributed by atoms with Crippen LogP contribution in [0.2, 0.25) is 0 Å². The molecule has 2 aromatic rings. The maximum atomic E-state index is 5.99. The molecule has 2 aliphatic heterocycles. The van der Waals surface area contributed by atoms with Gasteiger partial charge in [0.05, 0.1) is 6.54 Å². The summed E-state index contributed by atoms with van der Waals surface area (Å²) in [5.74, 6) is 2.35. The van der Waals surface area contributed by atoms with Crippen molar-refractivity contribution in [3.63, 3.8) is 0 Å². The molecule has 0 spiro atoms. The Bertz CT molecular complexity index is 863. The molecule has 1 fully saturated rings. The Hall–Kier alpha value is -2.77. The van der Waals surface area contributed by atoms with E-state index in [1.54, 1.807) is 7.05 Å². The quantitative estimate of drug-likeness (QED) is 0.547. The van der Waals surface area contributed by atoms with Crippen LogP contribution in [-0.4, -0.2) is 75.3 Å². The van der Waals surface area contributed by atoms with E-state index in [-0.39, 0.29) is 6.10 Å². The summed E-state index contributed by atoms with van der Waals surface area (Å²) in [6.07, 6.45) is -0.0534. The number of fused-ring (bicyclic) bond motifs is 1. The second kappa shape index (κ2) is 10.5. The molecule has 0 bridgehead atoms. The summed E-state index contributed by atoms with van der Waals surface area (Å²) >= 11 is 0. The Morgan fingerprint density at radius 2 is 1.68 bits per heavy atom. The van der Waals surface area contributed by atoms with Crippen molar-refractivity contribution in [3.8, 4) is 11.5 Å². The SMILES string of the molecule is CN=C(NCc1ccc(CN2CCN(C)CC2)cc1)NCC1COc2ccccc2O1. The van der Waals surface area contributed by atoms with Crippen LogP contribution in [0, 0.1) is 0 Å². The lowest BCUT2D eigenvalue weighted by Crippen LogP contribution is -2.45. The van der Waals surface area contributed by atoms with Gasteiger partial charge in [-0.05, 0) is 30.3 Å². The van der Waals surface area contributed by atoms with Crippen LogP contribution in [0.25, 0.3) is 0 Å². The summed E-state index contributed by atoms with van der Waals surface area (Å²) in [6, 6.07) is 16.6. The molecule has 0 saturated carbocycles. The molecule has 1 atom stereocenters. The van der Waals surface area contributed by atoms with Crippen LogP contribution >= 0.6 is 0 Å². The van der Waals surface area contributed by atoms with Gasteiger partial charge >= 0.3 is 0 Å². The van der Waals surface area contributed by atoms with E-state index in [1.807, 2.05) is 24.3 Å². The fraction of sp³-hybridized carbons (Fsp3) is 0.458. The predicted molar refractivity (Wildman–Crippen MR) is 124 cm³/mol. The number of hydrogen-bond acceptors (Lipinski definition) is 5. The van der Waals surface area contributed by atoms with Crippen molar-refractivity contribution in [2.75, 3.05) is 53.4 Å². The first kappa shape index (κ1) is 21.5. The summed E-state index contributed by atoms with van der Waals surface area (Å²) in [6.45, 7) is 7.48. The lowest BCUT2D eigenvalue weighted by Gasteiger charge is -2.32. The summed E-state index contributed by atoms with van der Waals surface area (Å²) in [5.41, 5.74) is 2.60. The van der Waals surface area contributed by atoms with Gasteiger partial charge in [-0.25, -0.2) is 0 Å². The molecule has 7 heteroatoms. The highest BCUT2D eigenvalue weighted by molar-refractivity contribution is 5.79. The zero-order valence-corrected chi connectivity index (χ0v) is 18.5. The van der Waals surface area contributed by atoms with E-state index in [0.29, 0.717) is 13.2 Å². The average Bonchev–Trinajstić information content (AvgIpc) is 2.81. The third kappa shape index (κ3) is 6.12. The number of likely N-dealkylation sites (N-methyl/N-ethyl adjacent to an activating group) is 1. The molecular weight excluding hydrogens is 390 g/mol. The van der Waals surface area contributed by atoms with Crippen molar-refractivity contribution in [1.29, 1.82) is 0 Å². The molecule has 166 valence electrons. The Labute approximate surface area is 185 Å². The third-order valence-electron chi connectivity index (χ3n) is 5.77. The molecule has 1 unspecified atom stereocenters. The second-order valence-corrected chi connectivity index (χ2v) is 8.20. The maximum absolute atomic E-state index is 5.99. The van der Waals surface area contributed by atoms with Gasteiger partial charge in [0, 0.05) is 46.3 Å². The molecule has 2 N–H and O–H groups in total. The molecular formula is C24H33N5O2. The molecule has 0 radical (unpaired) electrons. The van der Waals surface area contributed by atoms with Crippen LogP contribution in [0.4, 0.5) is 0 Å². The van der Waals surface area contributed by atoms with Gasteiger partial charge in [0.1, 0.15) is 12.7 Å². The van der Waals surface area contributed by atoms with Gasteiger partial charge < -0.3 is 25.0 Å². The van der Waals surface area contributed by atoms with Crippen LogP contribution < -0.4 is 20.1 Å². The summed E-state index contributed by atoms with van der Waals surface area (Å²) in [5, 5.41) is 6.71. The van der Waals surface area contributed by atoms with Crippen molar-refractivity contribution in [3.05, 3.63) is 59.7 Å². The molecule has 0 aliphatic carbocycles. The van der Waals surface area contributed by atoms with Crippen LogP contribution in [0.1, 0.15) is 11.1 Å². The molecule has 0 aromatic heterocycles. The van der Waals surface area contributed by atoms with Gasteiger partial charge in [-0.2, -0.15) is 0 Å². The molecule has 7 nitrogen and oxygen atoms in total. The minimum atomic E-state index is -0.0534. The molecule has 4 rings (SSSR count). The highest BCUT2D eigenvalue weighted by atomic mass is 16.6. The number of hydrogen-bond donors (Lipinski definition) is 2. The van der Waals surface area contributed by atoms with E-state index in [0.717, 1.165) is 56.7 Å². The standard InChI is InChI=1S/C24H33N5O2/c1-25-24(27-16-21-18-30-22-5-3-4-6-23(22)31-21)26-15-19-7-9-20(10-8-19)17-29-13-11-28(2)12-14-29/h3-10,21H,11-18H2,1-2H3,(H2,25,26,27). The zero-order chi connectivity index (χ0) is 21.5. The Balaban J connectivity index is 1.20. The molecule has 2 heterocycles. The molecule has 31 heavy (non-hydrogen) atoms. The van der Waals surface area contributed by atoms with Crippen molar-refractivity contribution in [2.24, 2.45) is 4.99 Å².